The van der Waals surface area contributed by atoms with Crippen LogP contribution in [0.4, 0.5) is 0 Å². The Kier molecular flexibility index (Phi) is 4.42. The lowest BCUT2D eigenvalue weighted by Crippen LogP contribution is -2.34. The highest BCUT2D eigenvalue weighted by Crippen LogP contribution is 2.13. The van der Waals surface area contributed by atoms with E-state index in [0.717, 1.165) is 0 Å². The van der Waals surface area contributed by atoms with Crippen molar-refractivity contribution in [2.24, 2.45) is 0 Å². The van der Waals surface area contributed by atoms with Gasteiger partial charge in [0, 0.05) is 0 Å². The van der Waals surface area contributed by atoms with Crippen molar-refractivity contribution >= 4 is 16.0 Å². The van der Waals surface area contributed by atoms with E-state index in [1.54, 1.807) is 30.3 Å². The van der Waals surface area contributed by atoms with Crippen LogP contribution in [-0.4, -0.2) is 25.2 Å². The van der Waals surface area contributed by atoms with Crippen LogP contribution in [0.5, 0.6) is 0 Å². The summed E-state index contributed by atoms with van der Waals surface area (Å²) < 4.78 is 25.1. The van der Waals surface area contributed by atoms with Gasteiger partial charge in [-0.25, -0.2) is 8.42 Å². The number of carboxylic acid groups (broad SMARTS) is 1. The van der Waals surface area contributed by atoms with E-state index in [2.05, 4.69) is 11.3 Å². The Morgan fingerprint density at radius 1 is 1.41 bits per heavy atom. The molecule has 0 saturated heterocycles. The molecule has 0 aliphatic heterocycles. The number of benzene rings is 1. The molecule has 0 amide bonds. The number of nitrogens with one attached hydrogen (secondary N) is 1. The van der Waals surface area contributed by atoms with Crippen LogP contribution in [0, 0.1) is 0 Å². The van der Waals surface area contributed by atoms with Crippen molar-refractivity contribution in [2.45, 2.75) is 6.04 Å². The Bertz CT molecular complexity index is 495. The molecule has 5 nitrogen and oxygen atoms in total. The number of carboxylic acids is 1. The molecule has 1 atom stereocenters. The maximum atomic E-state index is 11.5. The number of rotatable bonds is 6. The molecule has 6 heteroatoms. The van der Waals surface area contributed by atoms with Gasteiger partial charge in [-0.05, 0) is 5.56 Å². The predicted molar refractivity (Wildman–Crippen MR) is 63.9 cm³/mol. The molecule has 2 N–H and O–H groups in total. The molecule has 0 aromatic heterocycles. The van der Waals surface area contributed by atoms with Crippen LogP contribution in [0.15, 0.2) is 43.0 Å². The quantitative estimate of drug-likeness (QED) is 0.740. The first-order valence-corrected chi connectivity index (χ1v) is 6.50. The first kappa shape index (κ1) is 13.4. The fourth-order valence-corrected chi connectivity index (χ4v) is 2.29. The van der Waals surface area contributed by atoms with Crippen molar-refractivity contribution in [3.05, 3.63) is 48.6 Å². The number of sulfonamides is 1. The summed E-state index contributed by atoms with van der Waals surface area (Å²) in [5.41, 5.74) is 0.382. The summed E-state index contributed by atoms with van der Waals surface area (Å²) in [5, 5.41) is 9.01. The van der Waals surface area contributed by atoms with Crippen molar-refractivity contribution in [3.63, 3.8) is 0 Å². The van der Waals surface area contributed by atoms with E-state index in [1.165, 1.54) is 6.08 Å². The van der Waals surface area contributed by atoms with E-state index < -0.39 is 22.0 Å². The maximum Gasteiger partial charge on any atom is 0.326 e. The lowest BCUT2D eigenvalue weighted by atomic mass is 10.1. The minimum atomic E-state index is -3.67. The molecular weight excluding hydrogens is 242 g/mol. The molecule has 0 aliphatic rings. The maximum absolute atomic E-state index is 11.5. The van der Waals surface area contributed by atoms with Gasteiger partial charge in [-0.2, -0.15) is 4.72 Å². The van der Waals surface area contributed by atoms with Gasteiger partial charge in [0.1, 0.15) is 6.04 Å². The van der Waals surface area contributed by atoms with Crippen LogP contribution >= 0.6 is 0 Å². The van der Waals surface area contributed by atoms with Gasteiger partial charge in [0.05, 0.1) is 5.75 Å². The second kappa shape index (κ2) is 5.60. The van der Waals surface area contributed by atoms with Crippen LogP contribution in [0.3, 0.4) is 0 Å². The van der Waals surface area contributed by atoms with Gasteiger partial charge >= 0.3 is 5.97 Å². The number of hydrogen-bond donors (Lipinski definition) is 2. The summed E-state index contributed by atoms with van der Waals surface area (Å²) >= 11 is 0. The highest BCUT2D eigenvalue weighted by Gasteiger charge is 2.24. The normalized spacial score (nSPS) is 12.9. The SMILES string of the molecule is C=CCS(=O)(=O)NC(C(=O)O)c1ccccc1. The molecule has 0 saturated carbocycles. The van der Waals surface area contributed by atoms with Gasteiger partial charge in [0.15, 0.2) is 0 Å². The molecular formula is C11H13NO4S. The Hall–Kier alpha value is -1.66. The summed E-state index contributed by atoms with van der Waals surface area (Å²) in [6.45, 7) is 3.30. The molecule has 0 radical (unpaired) electrons. The van der Waals surface area contributed by atoms with Crippen LogP contribution in [-0.2, 0) is 14.8 Å². The zero-order valence-electron chi connectivity index (χ0n) is 9.04. The van der Waals surface area contributed by atoms with Gasteiger partial charge in [-0.3, -0.25) is 4.79 Å². The lowest BCUT2D eigenvalue weighted by Gasteiger charge is -2.14. The van der Waals surface area contributed by atoms with Crippen molar-refractivity contribution in [2.75, 3.05) is 5.75 Å². The number of hydrogen-bond acceptors (Lipinski definition) is 3. The molecule has 0 bridgehead atoms. The second-order valence-electron chi connectivity index (χ2n) is 3.37. The first-order chi connectivity index (χ1) is 7.96. The average Bonchev–Trinajstić information content (AvgIpc) is 2.27. The third-order valence-electron chi connectivity index (χ3n) is 2.01. The molecule has 1 unspecified atom stereocenters. The van der Waals surface area contributed by atoms with E-state index in [1.807, 2.05) is 0 Å². The minimum Gasteiger partial charge on any atom is -0.480 e. The number of aliphatic carboxylic acids is 1. The Labute approximate surface area is 99.8 Å². The fraction of sp³-hybridized carbons (Fsp3) is 0.182. The van der Waals surface area contributed by atoms with Crippen molar-refractivity contribution in [3.8, 4) is 0 Å². The second-order valence-corrected chi connectivity index (χ2v) is 5.17. The molecule has 17 heavy (non-hydrogen) atoms. The van der Waals surface area contributed by atoms with Crippen molar-refractivity contribution < 1.29 is 18.3 Å². The Balaban J connectivity index is 2.97. The fourth-order valence-electron chi connectivity index (χ4n) is 1.29. The van der Waals surface area contributed by atoms with Gasteiger partial charge in [-0.15, -0.1) is 6.58 Å². The molecule has 0 aliphatic carbocycles. The zero-order chi connectivity index (χ0) is 12.9. The van der Waals surface area contributed by atoms with Gasteiger partial charge in [0.25, 0.3) is 0 Å². The molecule has 0 spiro atoms. The Morgan fingerprint density at radius 3 is 2.47 bits per heavy atom. The first-order valence-electron chi connectivity index (χ1n) is 4.85. The van der Waals surface area contributed by atoms with E-state index in [-0.39, 0.29) is 5.75 Å². The standard InChI is InChI=1S/C11H13NO4S/c1-2-8-17(15,16)12-10(11(13)14)9-6-4-3-5-7-9/h2-7,10,12H,1,8H2,(H,13,14). The zero-order valence-corrected chi connectivity index (χ0v) is 9.85. The predicted octanol–water partition coefficient (Wildman–Crippen LogP) is 0.918. The summed E-state index contributed by atoms with van der Waals surface area (Å²) in [5.74, 6) is -1.56. The van der Waals surface area contributed by atoms with Gasteiger partial charge < -0.3 is 5.11 Å². The molecule has 1 aromatic rings. The van der Waals surface area contributed by atoms with E-state index >= 15 is 0 Å². The van der Waals surface area contributed by atoms with Crippen LogP contribution in [0.2, 0.25) is 0 Å². The van der Waals surface area contributed by atoms with Crippen LogP contribution in [0.1, 0.15) is 11.6 Å². The molecule has 0 fully saturated rings. The highest BCUT2D eigenvalue weighted by molar-refractivity contribution is 7.89. The van der Waals surface area contributed by atoms with Crippen LogP contribution < -0.4 is 4.72 Å². The van der Waals surface area contributed by atoms with Gasteiger partial charge in [-0.1, -0.05) is 36.4 Å². The van der Waals surface area contributed by atoms with Crippen molar-refractivity contribution in [1.82, 2.24) is 4.72 Å². The molecule has 1 aromatic carbocycles. The van der Waals surface area contributed by atoms with E-state index in [9.17, 15) is 13.2 Å². The Morgan fingerprint density at radius 2 is 2.00 bits per heavy atom. The summed E-state index contributed by atoms with van der Waals surface area (Å²) in [6, 6.07) is 6.84. The smallest absolute Gasteiger partial charge is 0.326 e. The largest absolute Gasteiger partial charge is 0.480 e. The van der Waals surface area contributed by atoms with Crippen molar-refractivity contribution in [1.29, 1.82) is 0 Å². The lowest BCUT2D eigenvalue weighted by molar-refractivity contribution is -0.139. The number of carbonyl (C=O) groups is 1. The van der Waals surface area contributed by atoms with E-state index in [0.29, 0.717) is 5.56 Å². The molecule has 1 rings (SSSR count). The topological polar surface area (TPSA) is 83.5 Å². The molecule has 0 heterocycles. The summed E-state index contributed by atoms with van der Waals surface area (Å²) in [4.78, 5) is 11.0. The summed E-state index contributed by atoms with van der Waals surface area (Å²) in [7, 11) is -3.67. The average molecular weight is 255 g/mol. The third kappa shape index (κ3) is 4.01. The molecule has 92 valence electrons. The minimum absolute atomic E-state index is 0.316. The van der Waals surface area contributed by atoms with E-state index in [4.69, 9.17) is 5.11 Å². The monoisotopic (exact) mass is 255 g/mol. The third-order valence-corrected chi connectivity index (χ3v) is 3.28. The highest BCUT2D eigenvalue weighted by atomic mass is 32.2. The van der Waals surface area contributed by atoms with Crippen LogP contribution in [0.25, 0.3) is 0 Å². The summed E-state index contributed by atoms with van der Waals surface area (Å²) in [6.07, 6.45) is 1.20. The van der Waals surface area contributed by atoms with Gasteiger partial charge in [0.2, 0.25) is 10.0 Å².